The van der Waals surface area contributed by atoms with Crippen LogP contribution in [0.5, 0.6) is 23.0 Å². The first-order chi connectivity index (χ1) is 22.7. The third-order valence-corrected chi connectivity index (χ3v) is 6.63. The lowest BCUT2D eigenvalue weighted by molar-refractivity contribution is 0.0294. The van der Waals surface area contributed by atoms with E-state index < -0.39 is 0 Å². The molecule has 46 heavy (non-hydrogen) atoms. The molecule has 0 saturated heterocycles. The second-order valence-corrected chi connectivity index (χ2v) is 10.1. The highest BCUT2D eigenvalue weighted by molar-refractivity contribution is 5.37. The third-order valence-electron chi connectivity index (χ3n) is 6.63. The van der Waals surface area contributed by atoms with Gasteiger partial charge >= 0.3 is 0 Å². The van der Waals surface area contributed by atoms with E-state index in [9.17, 15) is 0 Å². The minimum Gasteiger partial charge on any atom is -0.497 e. The van der Waals surface area contributed by atoms with Gasteiger partial charge in [0.25, 0.3) is 6.01 Å². The van der Waals surface area contributed by atoms with Crippen LogP contribution < -0.4 is 23.8 Å². The van der Waals surface area contributed by atoms with Crippen molar-refractivity contribution >= 4 is 6.01 Å². The molecule has 11 heteroatoms. The molecule has 0 radical (unpaired) electrons. The molecule has 4 rings (SSSR count). The molecule has 0 aliphatic rings. The van der Waals surface area contributed by atoms with Crippen LogP contribution in [0.1, 0.15) is 16.8 Å². The molecular weight excluding hydrogens is 592 g/mol. The highest BCUT2D eigenvalue weighted by Gasteiger charge is 2.16. The zero-order valence-corrected chi connectivity index (χ0v) is 26.9. The molecule has 0 N–H and O–H groups in total. The Morgan fingerprint density at radius 1 is 0.587 bits per heavy atom. The first-order valence-corrected chi connectivity index (χ1v) is 15.2. The number of hydrogen-bond donors (Lipinski definition) is 0. The van der Waals surface area contributed by atoms with Crippen molar-refractivity contribution in [1.82, 2.24) is 4.98 Å². The molecule has 1 aromatic heterocycles. The normalized spacial score (nSPS) is 10.9. The van der Waals surface area contributed by atoms with Gasteiger partial charge in [-0.15, -0.1) is 0 Å². The van der Waals surface area contributed by atoms with Gasteiger partial charge in [0.15, 0.2) is 0 Å². The Hall–Kier alpha value is -4.29. The van der Waals surface area contributed by atoms with Gasteiger partial charge in [-0.1, -0.05) is 30.3 Å². The molecule has 0 saturated carbocycles. The fourth-order valence-electron chi connectivity index (χ4n) is 4.40. The van der Waals surface area contributed by atoms with Crippen LogP contribution in [0.4, 0.5) is 6.01 Å². The van der Waals surface area contributed by atoms with Crippen molar-refractivity contribution in [3.63, 3.8) is 0 Å². The molecule has 248 valence electrons. The average Bonchev–Trinajstić information content (AvgIpc) is 3.55. The van der Waals surface area contributed by atoms with Gasteiger partial charge in [-0.2, -0.15) is 4.98 Å². The number of hydrogen-bond acceptors (Lipinski definition) is 11. The Morgan fingerprint density at radius 2 is 1.11 bits per heavy atom. The van der Waals surface area contributed by atoms with Gasteiger partial charge in [0.05, 0.1) is 46.8 Å². The summed E-state index contributed by atoms with van der Waals surface area (Å²) in [5.41, 5.74) is 2.78. The largest absolute Gasteiger partial charge is 0.497 e. The Balaban J connectivity index is 1.30. The summed E-state index contributed by atoms with van der Waals surface area (Å²) in [6, 6.07) is 23.9. The maximum Gasteiger partial charge on any atom is 0.298 e. The van der Waals surface area contributed by atoms with Crippen LogP contribution in [0.15, 0.2) is 83.5 Å². The van der Waals surface area contributed by atoms with Gasteiger partial charge in [-0.3, -0.25) is 0 Å². The van der Waals surface area contributed by atoms with E-state index in [0.29, 0.717) is 84.3 Å². The van der Waals surface area contributed by atoms with Crippen molar-refractivity contribution in [2.75, 3.05) is 79.1 Å². The van der Waals surface area contributed by atoms with Gasteiger partial charge in [0.1, 0.15) is 54.8 Å². The highest BCUT2D eigenvalue weighted by Crippen LogP contribution is 2.24. The van der Waals surface area contributed by atoms with Gasteiger partial charge in [0, 0.05) is 33.4 Å². The number of oxazole rings is 1. The van der Waals surface area contributed by atoms with Crippen LogP contribution in [0.25, 0.3) is 0 Å². The summed E-state index contributed by atoms with van der Waals surface area (Å²) in [7, 11) is 4.93. The lowest BCUT2D eigenvalue weighted by atomic mass is 10.1. The summed E-state index contributed by atoms with van der Waals surface area (Å²) in [4.78, 5) is 6.80. The van der Waals surface area contributed by atoms with Gasteiger partial charge in [-0.25, -0.2) is 0 Å². The molecule has 0 atom stereocenters. The Labute approximate surface area is 270 Å². The quantitative estimate of drug-likeness (QED) is 0.0958. The van der Waals surface area contributed by atoms with E-state index >= 15 is 0 Å². The smallest absolute Gasteiger partial charge is 0.298 e. The summed E-state index contributed by atoms with van der Waals surface area (Å²) in [5.74, 6) is 3.04. The fraction of sp³-hybridized carbons (Fsp3) is 0.400. The Kier molecular flexibility index (Phi) is 15.0. The number of aromatic nitrogens is 1. The standard InChI is InChI=1S/C35H44N2O9/c1-38-13-18-43-32-10-4-7-28(21-32)24-37(25-29-8-5-11-33(22-29)44-19-14-39-2)35-36-30(27-46-35)26-42-16-15-41-17-20-45-34-12-6-9-31(23-34)40-3/h4-12,21-23,27H,13-20,24-26H2,1-3H3. The van der Waals surface area contributed by atoms with Crippen molar-refractivity contribution < 1.29 is 42.3 Å². The molecule has 1 heterocycles. The maximum atomic E-state index is 5.94. The molecule has 0 aliphatic heterocycles. The zero-order valence-electron chi connectivity index (χ0n) is 26.9. The summed E-state index contributed by atoms with van der Waals surface area (Å²) < 4.78 is 50.1. The molecule has 0 unspecified atom stereocenters. The number of benzene rings is 3. The molecule has 3 aromatic carbocycles. The van der Waals surface area contributed by atoms with E-state index in [1.165, 1.54) is 0 Å². The Morgan fingerprint density at radius 3 is 1.72 bits per heavy atom. The van der Waals surface area contributed by atoms with Crippen molar-refractivity contribution in [3.8, 4) is 23.0 Å². The van der Waals surface area contributed by atoms with E-state index in [1.54, 1.807) is 27.6 Å². The van der Waals surface area contributed by atoms with Gasteiger partial charge in [0.2, 0.25) is 0 Å². The lowest BCUT2D eigenvalue weighted by Crippen LogP contribution is -2.22. The summed E-state index contributed by atoms with van der Waals surface area (Å²) in [5, 5.41) is 0. The van der Waals surface area contributed by atoms with Crippen LogP contribution in [-0.4, -0.2) is 79.2 Å². The molecule has 4 aromatic rings. The second kappa shape index (κ2) is 20.0. The maximum absolute atomic E-state index is 5.94. The molecule has 0 spiro atoms. The van der Waals surface area contributed by atoms with Crippen molar-refractivity contribution in [1.29, 1.82) is 0 Å². The molecule has 0 bridgehead atoms. The number of anilines is 1. The monoisotopic (exact) mass is 636 g/mol. The van der Waals surface area contributed by atoms with Crippen molar-refractivity contribution in [3.05, 3.63) is 95.9 Å². The van der Waals surface area contributed by atoms with E-state index in [4.69, 9.17) is 47.3 Å². The highest BCUT2D eigenvalue weighted by atomic mass is 16.5. The number of nitrogens with zero attached hydrogens (tertiary/aromatic N) is 2. The van der Waals surface area contributed by atoms with E-state index in [1.807, 2.05) is 60.7 Å². The predicted octanol–water partition coefficient (Wildman–Crippen LogP) is 5.55. The van der Waals surface area contributed by atoms with Crippen LogP contribution >= 0.6 is 0 Å². The zero-order chi connectivity index (χ0) is 32.2. The van der Waals surface area contributed by atoms with Crippen molar-refractivity contribution in [2.24, 2.45) is 0 Å². The van der Waals surface area contributed by atoms with Gasteiger partial charge in [-0.05, 0) is 47.5 Å². The molecular formula is C35H44N2O9. The topological polar surface area (TPSA) is 103 Å². The summed E-state index contributed by atoms with van der Waals surface area (Å²) in [6.07, 6.45) is 1.62. The molecule has 0 aliphatic carbocycles. The van der Waals surface area contributed by atoms with Gasteiger partial charge < -0.3 is 47.2 Å². The molecule has 11 nitrogen and oxygen atoms in total. The van der Waals surface area contributed by atoms with Crippen LogP contribution in [0, 0.1) is 0 Å². The summed E-state index contributed by atoms with van der Waals surface area (Å²) >= 11 is 0. The first-order valence-electron chi connectivity index (χ1n) is 15.2. The number of rotatable bonds is 23. The molecule has 0 amide bonds. The predicted molar refractivity (Wildman–Crippen MR) is 173 cm³/mol. The SMILES string of the molecule is COCCOc1cccc(CN(Cc2cccc(OCCOC)c2)c2nc(COCCOCCOc3cccc(OC)c3)co2)c1. The average molecular weight is 637 g/mol. The lowest BCUT2D eigenvalue weighted by Gasteiger charge is -2.21. The Bertz CT molecular complexity index is 1360. The first kappa shape index (κ1) is 34.6. The van der Waals surface area contributed by atoms with Crippen LogP contribution in [0.3, 0.4) is 0 Å². The van der Waals surface area contributed by atoms with E-state index in [0.717, 1.165) is 34.1 Å². The van der Waals surface area contributed by atoms with Crippen LogP contribution in [0.2, 0.25) is 0 Å². The van der Waals surface area contributed by atoms with E-state index in [-0.39, 0.29) is 0 Å². The second-order valence-electron chi connectivity index (χ2n) is 10.1. The summed E-state index contributed by atoms with van der Waals surface area (Å²) in [6.45, 7) is 5.10. The number of methoxy groups -OCH3 is 3. The minimum atomic E-state index is 0.298. The van der Waals surface area contributed by atoms with E-state index in [2.05, 4.69) is 17.0 Å². The van der Waals surface area contributed by atoms with Crippen molar-refractivity contribution in [2.45, 2.75) is 19.7 Å². The third kappa shape index (κ3) is 12.2. The van der Waals surface area contributed by atoms with Crippen LogP contribution in [-0.2, 0) is 38.6 Å². The fourth-order valence-corrected chi connectivity index (χ4v) is 4.40. The molecule has 0 fully saturated rings. The number of ether oxygens (including phenoxy) is 8. The minimum absolute atomic E-state index is 0.298.